The summed E-state index contributed by atoms with van der Waals surface area (Å²) in [6.07, 6.45) is 1.17. The molecule has 1 saturated heterocycles. The van der Waals surface area contributed by atoms with Crippen LogP contribution in [0.2, 0.25) is 0 Å². The standard InChI is InChI=1S/C16H26FN3O/c1-21-14-8-18-7-2-9-19-10-12-20(13-11-19)16-5-3-15(17)4-6-16/h3-6,18H,2,7-14H2,1H3. The summed E-state index contributed by atoms with van der Waals surface area (Å²) < 4.78 is 17.9. The highest BCUT2D eigenvalue weighted by molar-refractivity contribution is 5.46. The van der Waals surface area contributed by atoms with Crippen molar-refractivity contribution in [2.24, 2.45) is 0 Å². The molecule has 1 aromatic rings. The molecule has 1 heterocycles. The van der Waals surface area contributed by atoms with E-state index in [2.05, 4.69) is 15.1 Å². The largest absolute Gasteiger partial charge is 0.383 e. The summed E-state index contributed by atoms with van der Waals surface area (Å²) in [7, 11) is 1.72. The van der Waals surface area contributed by atoms with Crippen LogP contribution in [0, 0.1) is 5.82 Å². The molecule has 0 aromatic heterocycles. The average Bonchev–Trinajstić information content (AvgIpc) is 2.52. The van der Waals surface area contributed by atoms with Crippen LogP contribution in [0.3, 0.4) is 0 Å². The Morgan fingerprint density at radius 2 is 1.81 bits per heavy atom. The Morgan fingerprint density at radius 1 is 1.10 bits per heavy atom. The van der Waals surface area contributed by atoms with Crippen LogP contribution in [0.1, 0.15) is 6.42 Å². The van der Waals surface area contributed by atoms with Crippen LogP contribution in [0.15, 0.2) is 24.3 Å². The van der Waals surface area contributed by atoms with Gasteiger partial charge >= 0.3 is 0 Å². The third-order valence-electron chi connectivity index (χ3n) is 3.87. The van der Waals surface area contributed by atoms with Gasteiger partial charge in [0, 0.05) is 45.5 Å². The Bertz CT molecular complexity index is 391. The zero-order valence-electron chi connectivity index (χ0n) is 12.9. The van der Waals surface area contributed by atoms with Gasteiger partial charge in [-0.2, -0.15) is 0 Å². The number of hydrogen-bond donors (Lipinski definition) is 1. The fourth-order valence-corrected chi connectivity index (χ4v) is 2.61. The third kappa shape index (κ3) is 5.61. The monoisotopic (exact) mass is 295 g/mol. The van der Waals surface area contributed by atoms with Crippen molar-refractivity contribution in [1.29, 1.82) is 0 Å². The lowest BCUT2D eigenvalue weighted by atomic mass is 10.2. The Morgan fingerprint density at radius 3 is 2.48 bits per heavy atom. The zero-order valence-corrected chi connectivity index (χ0v) is 12.9. The Labute approximate surface area is 126 Å². The molecular formula is C16H26FN3O. The van der Waals surface area contributed by atoms with Gasteiger partial charge in [-0.25, -0.2) is 4.39 Å². The molecule has 1 fully saturated rings. The molecule has 118 valence electrons. The second-order valence-corrected chi connectivity index (χ2v) is 5.40. The van der Waals surface area contributed by atoms with Crippen LogP contribution < -0.4 is 10.2 Å². The first kappa shape index (κ1) is 16.2. The van der Waals surface area contributed by atoms with Crippen molar-refractivity contribution in [3.8, 4) is 0 Å². The van der Waals surface area contributed by atoms with Crippen molar-refractivity contribution in [2.75, 3.05) is 64.4 Å². The van der Waals surface area contributed by atoms with Crippen LogP contribution in [0.25, 0.3) is 0 Å². The SMILES string of the molecule is COCCNCCCN1CCN(c2ccc(F)cc2)CC1. The number of rotatable bonds is 8. The van der Waals surface area contributed by atoms with Gasteiger partial charge in [-0.1, -0.05) is 0 Å². The fraction of sp³-hybridized carbons (Fsp3) is 0.625. The van der Waals surface area contributed by atoms with E-state index in [1.165, 1.54) is 18.6 Å². The molecule has 5 heteroatoms. The lowest BCUT2D eigenvalue weighted by Crippen LogP contribution is -2.47. The zero-order chi connectivity index (χ0) is 14.9. The molecule has 1 aliphatic heterocycles. The van der Waals surface area contributed by atoms with Gasteiger partial charge in [0.05, 0.1) is 6.61 Å². The molecule has 0 aliphatic carbocycles. The maximum atomic E-state index is 12.9. The maximum absolute atomic E-state index is 12.9. The molecule has 4 nitrogen and oxygen atoms in total. The molecule has 0 saturated carbocycles. The molecule has 0 atom stereocenters. The summed E-state index contributed by atoms with van der Waals surface area (Å²) in [4.78, 5) is 4.82. The van der Waals surface area contributed by atoms with Crippen molar-refractivity contribution in [3.05, 3.63) is 30.1 Å². The van der Waals surface area contributed by atoms with E-state index in [4.69, 9.17) is 4.74 Å². The molecule has 0 radical (unpaired) electrons. The smallest absolute Gasteiger partial charge is 0.123 e. The molecule has 2 rings (SSSR count). The third-order valence-corrected chi connectivity index (χ3v) is 3.87. The van der Waals surface area contributed by atoms with E-state index < -0.39 is 0 Å². The highest BCUT2D eigenvalue weighted by atomic mass is 19.1. The van der Waals surface area contributed by atoms with Gasteiger partial charge in [0.25, 0.3) is 0 Å². The summed E-state index contributed by atoms with van der Waals surface area (Å²) in [6.45, 7) is 8.07. The Hall–Kier alpha value is -1.17. The van der Waals surface area contributed by atoms with E-state index >= 15 is 0 Å². The maximum Gasteiger partial charge on any atom is 0.123 e. The second-order valence-electron chi connectivity index (χ2n) is 5.40. The van der Waals surface area contributed by atoms with Crippen LogP contribution in [0.5, 0.6) is 0 Å². The first-order valence-electron chi connectivity index (χ1n) is 7.72. The highest BCUT2D eigenvalue weighted by Crippen LogP contribution is 2.16. The van der Waals surface area contributed by atoms with Gasteiger partial charge in [0.1, 0.15) is 5.82 Å². The number of nitrogens with one attached hydrogen (secondary N) is 1. The van der Waals surface area contributed by atoms with Crippen molar-refractivity contribution in [3.63, 3.8) is 0 Å². The number of methoxy groups -OCH3 is 1. The number of anilines is 1. The Balaban J connectivity index is 1.61. The van der Waals surface area contributed by atoms with Crippen molar-refractivity contribution >= 4 is 5.69 Å². The molecule has 1 N–H and O–H groups in total. The number of piperazine rings is 1. The van der Waals surface area contributed by atoms with E-state index in [9.17, 15) is 4.39 Å². The van der Waals surface area contributed by atoms with Gasteiger partial charge in [0.2, 0.25) is 0 Å². The number of halogens is 1. The normalized spacial score (nSPS) is 16.4. The molecular weight excluding hydrogens is 269 g/mol. The van der Waals surface area contributed by atoms with E-state index in [0.717, 1.165) is 58.1 Å². The summed E-state index contributed by atoms with van der Waals surface area (Å²) in [5, 5.41) is 3.37. The molecule has 1 aliphatic rings. The van der Waals surface area contributed by atoms with E-state index in [1.54, 1.807) is 7.11 Å². The van der Waals surface area contributed by atoms with E-state index in [0.29, 0.717) is 0 Å². The van der Waals surface area contributed by atoms with Gasteiger partial charge in [-0.05, 0) is 43.8 Å². The first-order chi connectivity index (χ1) is 10.3. The molecule has 1 aromatic carbocycles. The predicted octanol–water partition coefficient (Wildman–Crippen LogP) is 1.57. The number of benzene rings is 1. The summed E-state index contributed by atoms with van der Waals surface area (Å²) in [6, 6.07) is 6.80. The van der Waals surface area contributed by atoms with Gasteiger partial charge < -0.3 is 15.0 Å². The van der Waals surface area contributed by atoms with Crippen molar-refractivity contribution in [2.45, 2.75) is 6.42 Å². The summed E-state index contributed by atoms with van der Waals surface area (Å²) in [5.41, 5.74) is 1.12. The highest BCUT2D eigenvalue weighted by Gasteiger charge is 2.16. The number of hydrogen-bond acceptors (Lipinski definition) is 4. The average molecular weight is 295 g/mol. The van der Waals surface area contributed by atoms with Crippen molar-refractivity contribution < 1.29 is 9.13 Å². The second kappa shape index (κ2) is 8.97. The van der Waals surface area contributed by atoms with Gasteiger partial charge in [-0.3, -0.25) is 4.90 Å². The lowest BCUT2D eigenvalue weighted by Gasteiger charge is -2.36. The molecule has 0 amide bonds. The van der Waals surface area contributed by atoms with Crippen LogP contribution in [-0.2, 0) is 4.74 Å². The summed E-state index contributed by atoms with van der Waals surface area (Å²) >= 11 is 0. The molecule has 0 unspecified atom stereocenters. The van der Waals surface area contributed by atoms with Crippen LogP contribution in [0.4, 0.5) is 10.1 Å². The topological polar surface area (TPSA) is 27.7 Å². The number of nitrogens with zero attached hydrogens (tertiary/aromatic N) is 2. The molecule has 0 spiro atoms. The van der Waals surface area contributed by atoms with Crippen molar-refractivity contribution in [1.82, 2.24) is 10.2 Å². The molecule has 0 bridgehead atoms. The van der Waals surface area contributed by atoms with Gasteiger partial charge in [0.15, 0.2) is 0 Å². The quantitative estimate of drug-likeness (QED) is 0.737. The van der Waals surface area contributed by atoms with E-state index in [-0.39, 0.29) is 5.82 Å². The lowest BCUT2D eigenvalue weighted by molar-refractivity contribution is 0.198. The Kier molecular flexibility index (Phi) is 6.92. The number of ether oxygens (including phenoxy) is 1. The minimum absolute atomic E-state index is 0.168. The van der Waals surface area contributed by atoms with Crippen LogP contribution in [-0.4, -0.2) is 64.4 Å². The van der Waals surface area contributed by atoms with Crippen LogP contribution >= 0.6 is 0 Å². The van der Waals surface area contributed by atoms with E-state index in [1.807, 2.05) is 12.1 Å². The first-order valence-corrected chi connectivity index (χ1v) is 7.72. The predicted molar refractivity (Wildman–Crippen MR) is 84.4 cm³/mol. The minimum Gasteiger partial charge on any atom is -0.383 e. The summed E-state index contributed by atoms with van der Waals surface area (Å²) in [5.74, 6) is -0.168. The van der Waals surface area contributed by atoms with Gasteiger partial charge in [-0.15, -0.1) is 0 Å². The fourth-order valence-electron chi connectivity index (χ4n) is 2.61. The molecule has 21 heavy (non-hydrogen) atoms. The minimum atomic E-state index is -0.168.